The van der Waals surface area contributed by atoms with Crippen molar-refractivity contribution in [2.75, 3.05) is 19.3 Å². The lowest BCUT2D eigenvalue weighted by Crippen LogP contribution is -2.35. The number of nitrogens with two attached hydrogens (primary N) is 1. The second kappa shape index (κ2) is 9.67. The molecule has 0 saturated heterocycles. The second-order valence-corrected chi connectivity index (χ2v) is 8.82. The van der Waals surface area contributed by atoms with E-state index in [-0.39, 0.29) is 11.9 Å². The summed E-state index contributed by atoms with van der Waals surface area (Å²) in [6.45, 7) is 4.40. The molecule has 1 fully saturated rings. The molecule has 33 heavy (non-hydrogen) atoms. The van der Waals surface area contributed by atoms with Crippen LogP contribution >= 0.6 is 0 Å². The van der Waals surface area contributed by atoms with E-state index in [1.165, 1.54) is 6.42 Å². The normalized spacial score (nSPS) is 15.9. The van der Waals surface area contributed by atoms with Crippen molar-refractivity contribution in [2.45, 2.75) is 51.1 Å². The highest BCUT2D eigenvalue weighted by atomic mass is 16.2. The minimum absolute atomic E-state index is 0.0778. The molecule has 2 aliphatic rings. The van der Waals surface area contributed by atoms with Crippen molar-refractivity contribution in [3.8, 4) is 0 Å². The molecule has 0 atom stereocenters. The lowest BCUT2D eigenvalue weighted by molar-refractivity contribution is -0.115. The van der Waals surface area contributed by atoms with Crippen molar-refractivity contribution in [1.82, 2.24) is 20.2 Å². The molecule has 172 valence electrons. The summed E-state index contributed by atoms with van der Waals surface area (Å²) >= 11 is 0. The van der Waals surface area contributed by atoms with E-state index in [4.69, 9.17) is 5.73 Å². The van der Waals surface area contributed by atoms with Gasteiger partial charge in [-0.2, -0.15) is 0 Å². The minimum Gasteiger partial charge on any atom is -0.368 e. The molecule has 3 N–H and O–H groups in total. The molecule has 5 rings (SSSR count). The monoisotopic (exact) mass is 445 g/mol. The predicted octanol–water partition coefficient (Wildman–Crippen LogP) is 3.60. The molecule has 1 amide bonds. The molecule has 0 spiro atoms. The third-order valence-electron chi connectivity index (χ3n) is 6.59. The number of nitrogens with zero attached hydrogens (tertiary/aromatic N) is 3. The Morgan fingerprint density at radius 1 is 1.15 bits per heavy atom. The van der Waals surface area contributed by atoms with E-state index in [2.05, 4.69) is 22.2 Å². The number of aromatic nitrogens is 2. The SMILES string of the molecule is CCCNC.Nc1nc(C(=O)N2Cc3ccccc3C2)c2cc(C3(C=O)CCC3)ccc2n1. The maximum atomic E-state index is 13.3. The standard InChI is InChI=1S/C22H20N4O2.C4H11N/c23-21-24-18-7-6-16(22(13-27)8-3-9-22)10-17(18)19(25-21)20(28)26-11-14-4-1-2-5-15(14)12-26;1-3-4-5-2/h1-2,4-7,10,13H,3,8-9,11-12H2,(H2,23,24,25);5H,3-4H2,1-2H3. The molecule has 1 aliphatic carbocycles. The molecular formula is C26H31N5O2. The summed E-state index contributed by atoms with van der Waals surface area (Å²) in [5, 5.41) is 3.67. The Morgan fingerprint density at radius 3 is 2.36 bits per heavy atom. The third kappa shape index (κ3) is 4.46. The average Bonchev–Trinajstić information content (AvgIpc) is 3.23. The molecule has 0 radical (unpaired) electrons. The summed E-state index contributed by atoms with van der Waals surface area (Å²) in [5.74, 6) is -0.0877. The number of benzene rings is 2. The fraction of sp³-hybridized carbons (Fsp3) is 0.385. The lowest BCUT2D eigenvalue weighted by Gasteiger charge is -2.37. The van der Waals surface area contributed by atoms with E-state index in [9.17, 15) is 9.59 Å². The molecule has 3 aromatic rings. The van der Waals surface area contributed by atoms with Crippen molar-refractivity contribution in [3.63, 3.8) is 0 Å². The van der Waals surface area contributed by atoms with Crippen LogP contribution in [-0.4, -0.2) is 40.7 Å². The Morgan fingerprint density at radius 2 is 1.85 bits per heavy atom. The quantitative estimate of drug-likeness (QED) is 0.582. The van der Waals surface area contributed by atoms with Crippen molar-refractivity contribution < 1.29 is 9.59 Å². The Labute approximate surface area is 194 Å². The van der Waals surface area contributed by atoms with Gasteiger partial charge in [0, 0.05) is 18.5 Å². The first-order valence-electron chi connectivity index (χ1n) is 11.6. The van der Waals surface area contributed by atoms with E-state index >= 15 is 0 Å². The van der Waals surface area contributed by atoms with Crippen LogP contribution in [0.2, 0.25) is 0 Å². The zero-order valence-electron chi connectivity index (χ0n) is 19.3. The van der Waals surface area contributed by atoms with E-state index in [1.54, 1.807) is 4.90 Å². The molecule has 7 nitrogen and oxygen atoms in total. The van der Waals surface area contributed by atoms with Crippen LogP contribution in [0.1, 0.15) is 59.8 Å². The van der Waals surface area contributed by atoms with Crippen LogP contribution in [0.15, 0.2) is 42.5 Å². The summed E-state index contributed by atoms with van der Waals surface area (Å²) in [5.41, 5.74) is 9.59. The number of nitrogen functional groups attached to an aromatic ring is 1. The number of hydrogen-bond donors (Lipinski definition) is 2. The number of fused-ring (bicyclic) bond motifs is 2. The van der Waals surface area contributed by atoms with Gasteiger partial charge in [0.05, 0.1) is 10.9 Å². The second-order valence-electron chi connectivity index (χ2n) is 8.82. The number of hydrogen-bond acceptors (Lipinski definition) is 6. The third-order valence-corrected chi connectivity index (χ3v) is 6.59. The van der Waals surface area contributed by atoms with Crippen LogP contribution in [0.25, 0.3) is 10.9 Å². The molecule has 0 bridgehead atoms. The van der Waals surface area contributed by atoms with Crippen molar-refractivity contribution in [2.24, 2.45) is 0 Å². The zero-order valence-corrected chi connectivity index (χ0v) is 19.3. The van der Waals surface area contributed by atoms with Crippen molar-refractivity contribution >= 4 is 29.0 Å². The van der Waals surface area contributed by atoms with Crippen LogP contribution in [0.3, 0.4) is 0 Å². The average molecular weight is 446 g/mol. The van der Waals surface area contributed by atoms with Gasteiger partial charge in [-0.25, -0.2) is 9.97 Å². The number of carbonyl (C=O) groups is 2. The van der Waals surface area contributed by atoms with Gasteiger partial charge in [-0.15, -0.1) is 0 Å². The first-order valence-corrected chi connectivity index (χ1v) is 11.6. The maximum absolute atomic E-state index is 13.3. The van der Waals surface area contributed by atoms with E-state index < -0.39 is 5.41 Å². The molecular weight excluding hydrogens is 414 g/mol. The van der Waals surface area contributed by atoms with Crippen LogP contribution < -0.4 is 11.1 Å². The van der Waals surface area contributed by atoms with E-state index in [0.29, 0.717) is 29.7 Å². The summed E-state index contributed by atoms with van der Waals surface area (Å²) in [7, 11) is 1.96. The number of amides is 1. The molecule has 7 heteroatoms. The molecule has 1 aliphatic heterocycles. The van der Waals surface area contributed by atoms with Crippen molar-refractivity contribution in [1.29, 1.82) is 0 Å². The highest BCUT2D eigenvalue weighted by Gasteiger charge is 2.39. The highest BCUT2D eigenvalue weighted by Crippen LogP contribution is 2.42. The van der Waals surface area contributed by atoms with Gasteiger partial charge in [-0.1, -0.05) is 43.7 Å². The van der Waals surface area contributed by atoms with Gasteiger partial charge in [0.2, 0.25) is 5.95 Å². The summed E-state index contributed by atoms with van der Waals surface area (Å²) in [6.07, 6.45) is 4.98. The first kappa shape index (κ1) is 22.9. The zero-order chi connectivity index (χ0) is 23.4. The van der Waals surface area contributed by atoms with Crippen LogP contribution in [0, 0.1) is 0 Å². The molecule has 0 unspecified atom stereocenters. The number of carbonyl (C=O) groups excluding carboxylic acids is 2. The molecule has 2 aromatic carbocycles. The number of nitrogens with one attached hydrogen (secondary N) is 1. The van der Waals surface area contributed by atoms with Gasteiger partial charge in [-0.05, 0) is 61.7 Å². The van der Waals surface area contributed by atoms with Crippen LogP contribution in [0.4, 0.5) is 5.95 Å². The topological polar surface area (TPSA) is 101 Å². The number of aldehydes is 1. The van der Waals surface area contributed by atoms with Gasteiger partial charge in [0.25, 0.3) is 5.91 Å². The first-order chi connectivity index (χ1) is 16.0. The van der Waals surface area contributed by atoms with Gasteiger partial charge >= 0.3 is 0 Å². The highest BCUT2D eigenvalue weighted by molar-refractivity contribution is 6.05. The van der Waals surface area contributed by atoms with Crippen LogP contribution in [-0.2, 0) is 23.3 Å². The van der Waals surface area contributed by atoms with Gasteiger partial charge in [0.15, 0.2) is 0 Å². The van der Waals surface area contributed by atoms with Gasteiger partial charge < -0.3 is 20.7 Å². The fourth-order valence-electron chi connectivity index (χ4n) is 4.53. The number of rotatable bonds is 5. The minimum atomic E-state index is -0.445. The Bertz CT molecular complexity index is 1150. The van der Waals surface area contributed by atoms with Gasteiger partial charge in [0.1, 0.15) is 12.0 Å². The predicted molar refractivity (Wildman–Crippen MR) is 130 cm³/mol. The van der Waals surface area contributed by atoms with E-state index in [1.807, 2.05) is 49.5 Å². The Kier molecular flexibility index (Phi) is 6.70. The lowest BCUT2D eigenvalue weighted by atomic mass is 9.65. The van der Waals surface area contributed by atoms with Crippen LogP contribution in [0.5, 0.6) is 0 Å². The molecule has 1 aromatic heterocycles. The summed E-state index contributed by atoms with van der Waals surface area (Å²) < 4.78 is 0. The maximum Gasteiger partial charge on any atom is 0.273 e. The fourth-order valence-corrected chi connectivity index (χ4v) is 4.53. The Balaban J connectivity index is 0.000000471. The summed E-state index contributed by atoms with van der Waals surface area (Å²) in [6, 6.07) is 13.7. The van der Waals surface area contributed by atoms with E-state index in [0.717, 1.165) is 48.8 Å². The smallest absolute Gasteiger partial charge is 0.273 e. The van der Waals surface area contributed by atoms with Gasteiger partial charge in [-0.3, -0.25) is 4.79 Å². The summed E-state index contributed by atoms with van der Waals surface area (Å²) in [4.78, 5) is 35.4. The largest absolute Gasteiger partial charge is 0.368 e. The molecule has 2 heterocycles. The Hall–Kier alpha value is -3.32. The number of anilines is 1. The van der Waals surface area contributed by atoms with Crippen molar-refractivity contribution in [3.05, 3.63) is 64.8 Å². The molecule has 1 saturated carbocycles.